The lowest BCUT2D eigenvalue weighted by Crippen LogP contribution is -1.96. The molecular weight excluding hydrogens is 360 g/mol. The number of nitriles is 2. The van der Waals surface area contributed by atoms with Gasteiger partial charge in [-0.1, -0.05) is 31.2 Å². The number of thiophene rings is 1. The second-order valence-corrected chi connectivity index (χ2v) is 6.71. The van der Waals surface area contributed by atoms with Gasteiger partial charge in [0.1, 0.15) is 28.5 Å². The van der Waals surface area contributed by atoms with Gasteiger partial charge in [0.15, 0.2) is 0 Å². The molecule has 0 aliphatic rings. The Morgan fingerprint density at radius 1 is 1.11 bits per heavy atom. The van der Waals surface area contributed by atoms with Crippen molar-refractivity contribution in [3.05, 3.63) is 69.4 Å². The third-order valence-electron chi connectivity index (χ3n) is 3.99. The molecule has 1 aromatic heterocycles. The molecule has 0 unspecified atom stereocenters. The second kappa shape index (κ2) is 7.74. The van der Waals surface area contributed by atoms with Gasteiger partial charge in [0.25, 0.3) is 0 Å². The summed E-state index contributed by atoms with van der Waals surface area (Å²) in [5.41, 5.74) is 1.91. The van der Waals surface area contributed by atoms with Crippen LogP contribution in [0.25, 0.3) is 11.1 Å². The van der Waals surface area contributed by atoms with Crippen molar-refractivity contribution in [1.29, 1.82) is 10.5 Å². The van der Waals surface area contributed by atoms with Crippen molar-refractivity contribution in [1.82, 2.24) is 0 Å². The van der Waals surface area contributed by atoms with Gasteiger partial charge in [-0.3, -0.25) is 0 Å². The van der Waals surface area contributed by atoms with Crippen LogP contribution in [0.2, 0.25) is 0 Å². The Kier molecular flexibility index (Phi) is 5.21. The largest absolute Gasteiger partial charge is 0.477 e. The van der Waals surface area contributed by atoms with E-state index in [-0.39, 0.29) is 4.88 Å². The van der Waals surface area contributed by atoms with Gasteiger partial charge in [-0.25, -0.2) is 4.79 Å². The minimum absolute atomic E-state index is 0.159. The molecule has 2 aromatic carbocycles. The highest BCUT2D eigenvalue weighted by molar-refractivity contribution is 7.14. The Bertz CT molecular complexity index is 1090. The predicted octanol–water partition coefficient (Wildman–Crippen LogP) is 5.21. The maximum Gasteiger partial charge on any atom is 0.346 e. The van der Waals surface area contributed by atoms with E-state index in [2.05, 4.69) is 12.1 Å². The van der Waals surface area contributed by atoms with Gasteiger partial charge in [-0.2, -0.15) is 10.5 Å². The van der Waals surface area contributed by atoms with Crippen LogP contribution in [0.4, 0.5) is 0 Å². The van der Waals surface area contributed by atoms with Gasteiger partial charge in [-0.05, 0) is 36.2 Å². The van der Waals surface area contributed by atoms with Crippen molar-refractivity contribution < 1.29 is 14.6 Å². The Hall–Kier alpha value is -3.61. The summed E-state index contributed by atoms with van der Waals surface area (Å²) in [5.74, 6) is -0.0854. The van der Waals surface area contributed by atoms with Gasteiger partial charge in [-0.15, -0.1) is 11.3 Å². The Labute approximate surface area is 160 Å². The lowest BCUT2D eigenvalue weighted by atomic mass is 10.00. The number of benzene rings is 2. The Balaban J connectivity index is 1.99. The summed E-state index contributed by atoms with van der Waals surface area (Å²) in [4.78, 5) is 12.5. The molecule has 132 valence electrons. The quantitative estimate of drug-likeness (QED) is 0.661. The lowest BCUT2D eigenvalue weighted by molar-refractivity contribution is 0.0703. The van der Waals surface area contributed by atoms with Crippen molar-refractivity contribution in [3.8, 4) is 34.8 Å². The molecule has 0 saturated carbocycles. The Morgan fingerprint density at radius 3 is 2.41 bits per heavy atom. The highest BCUT2D eigenvalue weighted by atomic mass is 32.1. The molecule has 0 atom stereocenters. The molecule has 0 spiro atoms. The van der Waals surface area contributed by atoms with Crippen molar-refractivity contribution in [2.24, 2.45) is 0 Å². The summed E-state index contributed by atoms with van der Waals surface area (Å²) in [6, 6.07) is 17.9. The van der Waals surface area contributed by atoms with Crippen LogP contribution in [0.3, 0.4) is 0 Å². The Morgan fingerprint density at radius 2 is 1.81 bits per heavy atom. The first-order chi connectivity index (χ1) is 13.1. The predicted molar refractivity (Wildman–Crippen MR) is 102 cm³/mol. The molecule has 5 nitrogen and oxygen atoms in total. The molecule has 0 aliphatic carbocycles. The first kappa shape index (κ1) is 18.2. The molecule has 0 radical (unpaired) electrons. The molecule has 0 saturated heterocycles. The van der Waals surface area contributed by atoms with Crippen molar-refractivity contribution >= 4 is 17.3 Å². The molecule has 1 heterocycles. The monoisotopic (exact) mass is 374 g/mol. The van der Waals surface area contributed by atoms with Crippen molar-refractivity contribution in [3.63, 3.8) is 0 Å². The van der Waals surface area contributed by atoms with Crippen LogP contribution in [-0.4, -0.2) is 11.1 Å². The smallest absolute Gasteiger partial charge is 0.346 e. The first-order valence-electron chi connectivity index (χ1n) is 8.15. The van der Waals surface area contributed by atoms with E-state index >= 15 is 0 Å². The number of aryl methyl sites for hydroxylation is 1. The number of rotatable bonds is 5. The third-order valence-corrected chi connectivity index (χ3v) is 5.31. The number of carbonyl (C=O) groups is 1. The SMILES string of the molecule is CCc1sc(C(=O)O)c(-c2ccc(Oc3ccccc3C#N)cc2)c1C#N. The summed E-state index contributed by atoms with van der Waals surface area (Å²) < 4.78 is 5.75. The van der Waals surface area contributed by atoms with Crippen LogP contribution >= 0.6 is 11.3 Å². The van der Waals surface area contributed by atoms with Crippen LogP contribution in [0.1, 0.15) is 32.6 Å². The van der Waals surface area contributed by atoms with E-state index in [0.717, 1.165) is 16.2 Å². The van der Waals surface area contributed by atoms with Gasteiger partial charge in [0.05, 0.1) is 11.1 Å². The highest BCUT2D eigenvalue weighted by Gasteiger charge is 2.23. The number of carboxylic acid groups (broad SMARTS) is 1. The maximum atomic E-state index is 11.6. The summed E-state index contributed by atoms with van der Waals surface area (Å²) in [5, 5.41) is 28.2. The highest BCUT2D eigenvalue weighted by Crippen LogP contribution is 2.38. The summed E-state index contributed by atoms with van der Waals surface area (Å²) >= 11 is 1.14. The molecule has 0 fully saturated rings. The van der Waals surface area contributed by atoms with Crippen molar-refractivity contribution in [2.75, 3.05) is 0 Å². The van der Waals surface area contributed by atoms with E-state index in [1.165, 1.54) is 0 Å². The van der Waals surface area contributed by atoms with Gasteiger partial charge in [0, 0.05) is 10.4 Å². The number of aromatic carboxylic acids is 1. The fourth-order valence-corrected chi connectivity index (χ4v) is 3.79. The van der Waals surface area contributed by atoms with E-state index in [9.17, 15) is 15.2 Å². The minimum atomic E-state index is -1.05. The lowest BCUT2D eigenvalue weighted by Gasteiger charge is -2.08. The van der Waals surface area contributed by atoms with Crippen LogP contribution in [0.15, 0.2) is 48.5 Å². The number of nitrogens with zero attached hydrogens (tertiary/aromatic N) is 2. The maximum absolute atomic E-state index is 11.6. The molecule has 3 aromatic rings. The zero-order chi connectivity index (χ0) is 19.4. The van der Waals surface area contributed by atoms with Crippen LogP contribution < -0.4 is 4.74 Å². The summed E-state index contributed by atoms with van der Waals surface area (Å²) in [6.45, 7) is 1.89. The molecule has 27 heavy (non-hydrogen) atoms. The van der Waals surface area contributed by atoms with Crippen LogP contribution in [0, 0.1) is 22.7 Å². The van der Waals surface area contributed by atoms with Crippen LogP contribution in [-0.2, 0) is 6.42 Å². The van der Waals surface area contributed by atoms with Crippen molar-refractivity contribution in [2.45, 2.75) is 13.3 Å². The average Bonchev–Trinajstić information content (AvgIpc) is 3.08. The molecule has 1 N–H and O–H groups in total. The zero-order valence-electron chi connectivity index (χ0n) is 14.4. The summed E-state index contributed by atoms with van der Waals surface area (Å²) in [7, 11) is 0. The van der Waals surface area contributed by atoms with E-state index in [1.54, 1.807) is 48.5 Å². The zero-order valence-corrected chi connectivity index (χ0v) is 15.2. The van der Waals surface area contributed by atoms with Gasteiger partial charge in [0.2, 0.25) is 0 Å². The van der Waals surface area contributed by atoms with E-state index < -0.39 is 5.97 Å². The normalized spacial score (nSPS) is 10.0. The number of carboxylic acids is 1. The fraction of sp³-hybridized carbons (Fsp3) is 0.0952. The molecule has 6 heteroatoms. The molecule has 0 amide bonds. The topological polar surface area (TPSA) is 94.1 Å². The van der Waals surface area contributed by atoms with E-state index in [1.807, 2.05) is 6.92 Å². The van der Waals surface area contributed by atoms with E-state index in [0.29, 0.717) is 40.2 Å². The molecule has 3 rings (SSSR count). The molecule has 0 aliphatic heterocycles. The number of hydrogen-bond donors (Lipinski definition) is 1. The van der Waals surface area contributed by atoms with Gasteiger partial charge >= 0.3 is 5.97 Å². The van der Waals surface area contributed by atoms with Gasteiger partial charge < -0.3 is 9.84 Å². The average molecular weight is 374 g/mol. The van der Waals surface area contributed by atoms with Crippen LogP contribution in [0.5, 0.6) is 11.5 Å². The second-order valence-electron chi connectivity index (χ2n) is 5.61. The fourth-order valence-electron chi connectivity index (χ4n) is 2.74. The first-order valence-corrected chi connectivity index (χ1v) is 8.97. The number of para-hydroxylation sites is 1. The number of ether oxygens (including phenoxy) is 1. The minimum Gasteiger partial charge on any atom is -0.477 e. The third kappa shape index (κ3) is 3.52. The molecule has 0 bridgehead atoms. The van der Waals surface area contributed by atoms with E-state index in [4.69, 9.17) is 10.00 Å². The molecular formula is C21H14N2O3S. The standard InChI is InChI=1S/C21H14N2O3S/c1-2-18-16(12-23)19(20(27-18)21(24)25)13-7-9-15(10-8-13)26-17-6-4-3-5-14(17)11-22/h3-10H,2H2,1H3,(H,24,25). The number of hydrogen-bond acceptors (Lipinski definition) is 5. The summed E-state index contributed by atoms with van der Waals surface area (Å²) in [6.07, 6.45) is 0.597.